The number of rotatable bonds is 0. The van der Waals surface area contributed by atoms with Gasteiger partial charge in [-0.25, -0.2) is 0 Å². The highest BCUT2D eigenvalue weighted by molar-refractivity contribution is 7.80. The van der Waals surface area contributed by atoms with E-state index in [1.807, 2.05) is 25.4 Å². The van der Waals surface area contributed by atoms with Crippen molar-refractivity contribution in [3.63, 3.8) is 0 Å². The first-order valence-corrected chi connectivity index (χ1v) is 4.29. The number of nitrogens with zero attached hydrogens (tertiary/aromatic N) is 1. The van der Waals surface area contributed by atoms with E-state index in [2.05, 4.69) is 35.4 Å². The van der Waals surface area contributed by atoms with Gasteiger partial charge in [0.25, 0.3) is 0 Å². The number of para-hydroxylation sites is 1. The first-order valence-electron chi connectivity index (χ1n) is 3.85. The smallest absolute Gasteiger partial charge is 0.200 e. The van der Waals surface area contributed by atoms with Crippen LogP contribution >= 0.6 is 12.6 Å². The first-order chi connectivity index (χ1) is 5.77. The van der Waals surface area contributed by atoms with Crippen LogP contribution in [0.2, 0.25) is 0 Å². The van der Waals surface area contributed by atoms with Crippen LogP contribution in [0.4, 0.5) is 0 Å². The van der Waals surface area contributed by atoms with Gasteiger partial charge in [-0.1, -0.05) is 12.1 Å². The fourth-order valence-corrected chi connectivity index (χ4v) is 1.71. The van der Waals surface area contributed by atoms with Crippen LogP contribution in [-0.4, -0.2) is 0 Å². The Hall–Kier alpha value is -1.02. The van der Waals surface area contributed by atoms with Crippen molar-refractivity contribution in [1.82, 2.24) is 0 Å². The van der Waals surface area contributed by atoms with E-state index in [1.165, 1.54) is 10.9 Å². The molecule has 1 aromatic heterocycles. The zero-order chi connectivity index (χ0) is 8.55. The summed E-state index contributed by atoms with van der Waals surface area (Å²) < 4.78 is 2.08. The molecule has 0 aliphatic carbocycles. The van der Waals surface area contributed by atoms with E-state index in [4.69, 9.17) is 0 Å². The van der Waals surface area contributed by atoms with E-state index >= 15 is 0 Å². The van der Waals surface area contributed by atoms with Crippen molar-refractivity contribution < 1.29 is 4.57 Å². The Balaban J connectivity index is 2.89. The molecule has 0 aliphatic rings. The van der Waals surface area contributed by atoms with Crippen LogP contribution in [0.15, 0.2) is 41.4 Å². The molecule has 2 aromatic rings. The van der Waals surface area contributed by atoms with Crippen molar-refractivity contribution in [1.29, 1.82) is 0 Å². The van der Waals surface area contributed by atoms with Gasteiger partial charge in [0.2, 0.25) is 5.52 Å². The second-order valence-corrected chi connectivity index (χ2v) is 3.38. The Labute approximate surface area is 77.1 Å². The van der Waals surface area contributed by atoms with Gasteiger partial charge >= 0.3 is 0 Å². The molecular formula is C10H10NS+. The van der Waals surface area contributed by atoms with E-state index in [0.29, 0.717) is 0 Å². The minimum absolute atomic E-state index is 0.996. The fourth-order valence-electron chi connectivity index (χ4n) is 1.40. The largest absolute Gasteiger partial charge is 0.212 e. The van der Waals surface area contributed by atoms with Crippen LogP contribution in [0.3, 0.4) is 0 Å². The summed E-state index contributed by atoms with van der Waals surface area (Å²) in [4.78, 5) is 0.996. The summed E-state index contributed by atoms with van der Waals surface area (Å²) in [5.74, 6) is 0. The summed E-state index contributed by atoms with van der Waals surface area (Å²) in [6.07, 6.45) is 2.01. The summed E-state index contributed by atoms with van der Waals surface area (Å²) in [6, 6.07) is 10.3. The Morgan fingerprint density at radius 3 is 2.83 bits per heavy atom. The van der Waals surface area contributed by atoms with Crippen LogP contribution in [0.5, 0.6) is 0 Å². The molecule has 0 unspecified atom stereocenters. The Bertz CT molecular complexity index is 423. The maximum absolute atomic E-state index is 4.31. The minimum atomic E-state index is 0.996. The second-order valence-electron chi connectivity index (χ2n) is 2.87. The Morgan fingerprint density at radius 1 is 1.25 bits per heavy atom. The van der Waals surface area contributed by atoms with E-state index in [-0.39, 0.29) is 0 Å². The van der Waals surface area contributed by atoms with Gasteiger partial charge in [0, 0.05) is 11.5 Å². The molecule has 0 fully saturated rings. The van der Waals surface area contributed by atoms with E-state index in [9.17, 15) is 0 Å². The second kappa shape index (κ2) is 2.79. The van der Waals surface area contributed by atoms with Crippen molar-refractivity contribution in [2.75, 3.05) is 0 Å². The predicted molar refractivity (Wildman–Crippen MR) is 52.4 cm³/mol. The summed E-state index contributed by atoms with van der Waals surface area (Å²) in [6.45, 7) is 0. The van der Waals surface area contributed by atoms with Gasteiger partial charge in [-0.3, -0.25) is 0 Å². The number of hydrogen-bond donors (Lipinski definition) is 1. The SMILES string of the molecule is C[n+]1cc(S)cc2ccccc21. The van der Waals surface area contributed by atoms with Crippen LogP contribution in [0.1, 0.15) is 0 Å². The predicted octanol–water partition coefficient (Wildman–Crippen LogP) is 1.95. The molecule has 0 saturated carbocycles. The molecule has 0 radical (unpaired) electrons. The normalized spacial score (nSPS) is 10.5. The summed E-state index contributed by atoms with van der Waals surface area (Å²) in [7, 11) is 2.03. The van der Waals surface area contributed by atoms with Crippen molar-refractivity contribution in [3.05, 3.63) is 36.5 Å². The van der Waals surface area contributed by atoms with E-state index in [0.717, 1.165) is 4.90 Å². The topological polar surface area (TPSA) is 3.88 Å². The molecule has 2 heteroatoms. The van der Waals surface area contributed by atoms with Crippen molar-refractivity contribution in [2.24, 2.45) is 7.05 Å². The lowest BCUT2D eigenvalue weighted by Crippen LogP contribution is -2.28. The highest BCUT2D eigenvalue weighted by Gasteiger charge is 2.03. The molecule has 60 valence electrons. The van der Waals surface area contributed by atoms with Crippen molar-refractivity contribution in [2.45, 2.75) is 4.90 Å². The van der Waals surface area contributed by atoms with Gasteiger partial charge in [-0.05, 0) is 12.1 Å². The Kier molecular flexibility index (Phi) is 1.77. The van der Waals surface area contributed by atoms with E-state index < -0.39 is 0 Å². The number of thiol groups is 1. The lowest BCUT2D eigenvalue weighted by Gasteiger charge is -1.96. The highest BCUT2D eigenvalue weighted by Crippen LogP contribution is 2.12. The van der Waals surface area contributed by atoms with Crippen LogP contribution < -0.4 is 4.57 Å². The average Bonchev–Trinajstić information content (AvgIpc) is 2.04. The number of fused-ring (bicyclic) bond motifs is 1. The molecule has 1 aromatic carbocycles. The maximum Gasteiger partial charge on any atom is 0.212 e. The average molecular weight is 176 g/mol. The van der Waals surface area contributed by atoms with Gasteiger partial charge in [-0.15, -0.1) is 12.6 Å². The molecular weight excluding hydrogens is 166 g/mol. The molecule has 2 rings (SSSR count). The quantitative estimate of drug-likeness (QED) is 0.462. The molecule has 0 bridgehead atoms. The molecule has 0 spiro atoms. The Morgan fingerprint density at radius 2 is 2.00 bits per heavy atom. The van der Waals surface area contributed by atoms with Crippen LogP contribution in [0, 0.1) is 0 Å². The summed E-state index contributed by atoms with van der Waals surface area (Å²) in [5, 5.41) is 1.23. The van der Waals surface area contributed by atoms with Gasteiger partial charge < -0.3 is 0 Å². The van der Waals surface area contributed by atoms with Gasteiger partial charge in [0.15, 0.2) is 6.20 Å². The third-order valence-corrected chi connectivity index (χ3v) is 2.19. The number of pyridine rings is 1. The van der Waals surface area contributed by atoms with Crippen LogP contribution in [0.25, 0.3) is 10.9 Å². The summed E-state index contributed by atoms with van der Waals surface area (Å²) >= 11 is 4.31. The maximum atomic E-state index is 4.31. The third kappa shape index (κ3) is 1.18. The lowest BCUT2D eigenvalue weighted by molar-refractivity contribution is -0.646. The number of aromatic nitrogens is 1. The minimum Gasteiger partial charge on any atom is -0.200 e. The molecule has 0 atom stereocenters. The van der Waals surface area contributed by atoms with Crippen LogP contribution in [-0.2, 0) is 7.05 Å². The lowest BCUT2D eigenvalue weighted by atomic mass is 10.2. The fraction of sp³-hybridized carbons (Fsp3) is 0.100. The molecule has 1 heterocycles. The first kappa shape index (κ1) is 7.62. The number of aryl methyl sites for hydroxylation is 1. The highest BCUT2D eigenvalue weighted by atomic mass is 32.1. The number of hydrogen-bond acceptors (Lipinski definition) is 1. The van der Waals surface area contributed by atoms with Gasteiger partial charge in [0.05, 0.1) is 4.90 Å². The monoisotopic (exact) mass is 176 g/mol. The van der Waals surface area contributed by atoms with Gasteiger partial charge in [0.1, 0.15) is 7.05 Å². The zero-order valence-corrected chi connectivity index (χ0v) is 7.75. The number of benzene rings is 1. The molecule has 0 N–H and O–H groups in total. The molecule has 0 amide bonds. The standard InChI is InChI=1S/C10H9NS/c1-11-7-9(12)6-8-4-2-3-5-10(8)11/h2-7H,1H3/p+1. The zero-order valence-electron chi connectivity index (χ0n) is 6.86. The third-order valence-electron chi connectivity index (χ3n) is 1.95. The van der Waals surface area contributed by atoms with Crippen molar-refractivity contribution in [3.8, 4) is 0 Å². The molecule has 12 heavy (non-hydrogen) atoms. The van der Waals surface area contributed by atoms with E-state index in [1.54, 1.807) is 0 Å². The van der Waals surface area contributed by atoms with Gasteiger partial charge in [-0.2, -0.15) is 4.57 Å². The molecule has 0 aliphatic heterocycles. The van der Waals surface area contributed by atoms with Crippen molar-refractivity contribution >= 4 is 23.5 Å². The summed E-state index contributed by atoms with van der Waals surface area (Å²) in [5.41, 5.74) is 1.23. The molecule has 1 nitrogen and oxygen atoms in total. The molecule has 0 saturated heterocycles.